The molecule has 23 heavy (non-hydrogen) atoms. The Kier molecular flexibility index (Phi) is 4.93. The fraction of sp³-hybridized carbons (Fsp3) is 0.0833. The first-order valence-corrected chi connectivity index (χ1v) is 6.64. The summed E-state index contributed by atoms with van der Waals surface area (Å²) >= 11 is 11.5. The van der Waals surface area contributed by atoms with Crippen LogP contribution in [0.3, 0.4) is 0 Å². The molecule has 0 atom stereocenters. The normalized spacial score (nSPS) is 11.2. The molecule has 1 amide bonds. The first-order chi connectivity index (χ1) is 10.7. The van der Waals surface area contributed by atoms with Crippen LogP contribution in [-0.2, 0) is 6.18 Å². The van der Waals surface area contributed by atoms with Gasteiger partial charge in [-0.1, -0.05) is 23.2 Å². The van der Waals surface area contributed by atoms with E-state index in [1.54, 1.807) is 0 Å². The van der Waals surface area contributed by atoms with E-state index in [1.807, 2.05) is 5.43 Å². The summed E-state index contributed by atoms with van der Waals surface area (Å²) < 4.78 is 39.0. The Bertz CT molecular complexity index is 734. The molecule has 0 saturated carbocycles. The number of aromatic nitrogens is 2. The summed E-state index contributed by atoms with van der Waals surface area (Å²) in [5.74, 6) is 3.43. The van der Waals surface area contributed by atoms with Crippen molar-refractivity contribution in [3.8, 4) is 0 Å². The van der Waals surface area contributed by atoms with E-state index in [0.29, 0.717) is 6.20 Å². The van der Waals surface area contributed by atoms with Crippen molar-refractivity contribution in [2.75, 3.05) is 10.7 Å². The lowest BCUT2D eigenvalue weighted by atomic mass is 10.2. The average Bonchev–Trinajstić information content (AvgIpc) is 2.44. The van der Waals surface area contributed by atoms with Crippen molar-refractivity contribution in [1.29, 1.82) is 0 Å². The number of halogens is 5. The minimum atomic E-state index is -4.87. The van der Waals surface area contributed by atoms with E-state index in [4.69, 9.17) is 29.0 Å². The fourth-order valence-corrected chi connectivity index (χ4v) is 2.18. The minimum Gasteiger partial charge on any atom is -0.322 e. The monoisotopic (exact) mass is 365 g/mol. The van der Waals surface area contributed by atoms with Crippen LogP contribution in [0.1, 0.15) is 16.1 Å². The molecule has 2 aromatic rings. The summed E-state index contributed by atoms with van der Waals surface area (Å²) in [6.07, 6.45) is -4.15. The van der Waals surface area contributed by atoms with Gasteiger partial charge in [-0.05, 0) is 18.2 Å². The predicted molar refractivity (Wildman–Crippen MR) is 79.3 cm³/mol. The molecule has 1 aromatic carbocycles. The summed E-state index contributed by atoms with van der Waals surface area (Å²) in [4.78, 5) is 18.8. The molecule has 11 heteroatoms. The first-order valence-electron chi connectivity index (χ1n) is 5.89. The summed E-state index contributed by atoms with van der Waals surface area (Å²) in [5.41, 5.74) is -0.188. The van der Waals surface area contributed by atoms with E-state index in [0.717, 1.165) is 0 Å². The topological polar surface area (TPSA) is 92.9 Å². The van der Waals surface area contributed by atoms with Gasteiger partial charge in [0.25, 0.3) is 5.91 Å². The number of hydrazine groups is 1. The maximum Gasteiger partial charge on any atom is 0.434 e. The lowest BCUT2D eigenvalue weighted by Crippen LogP contribution is -2.22. The highest BCUT2D eigenvalue weighted by Gasteiger charge is 2.38. The Balaban J connectivity index is 2.39. The third-order valence-electron chi connectivity index (χ3n) is 2.55. The number of nitrogen functional groups attached to an aromatic ring is 1. The van der Waals surface area contributed by atoms with Crippen LogP contribution in [0.25, 0.3) is 0 Å². The van der Waals surface area contributed by atoms with Gasteiger partial charge in [-0.2, -0.15) is 13.2 Å². The Hall–Kier alpha value is -2.10. The summed E-state index contributed by atoms with van der Waals surface area (Å²) in [6, 6.07) is 4.06. The zero-order valence-electron chi connectivity index (χ0n) is 11.1. The maximum atomic E-state index is 13.0. The van der Waals surface area contributed by atoms with Crippen LogP contribution in [0.15, 0.2) is 24.4 Å². The van der Waals surface area contributed by atoms with E-state index in [9.17, 15) is 18.0 Å². The van der Waals surface area contributed by atoms with Crippen LogP contribution in [0.2, 0.25) is 10.0 Å². The molecule has 0 aliphatic heterocycles. The third kappa shape index (κ3) is 4.21. The van der Waals surface area contributed by atoms with Crippen molar-refractivity contribution in [1.82, 2.24) is 9.97 Å². The number of nitrogens with two attached hydrogens (primary N) is 1. The molecule has 2 rings (SSSR count). The third-order valence-corrected chi connectivity index (χ3v) is 2.99. The highest BCUT2D eigenvalue weighted by atomic mass is 35.5. The zero-order valence-corrected chi connectivity index (χ0v) is 12.6. The highest BCUT2D eigenvalue weighted by Crippen LogP contribution is 2.31. The van der Waals surface area contributed by atoms with E-state index >= 15 is 0 Å². The number of benzene rings is 1. The average molecular weight is 366 g/mol. The summed E-state index contributed by atoms with van der Waals surface area (Å²) in [6.45, 7) is 0. The highest BCUT2D eigenvalue weighted by molar-refractivity contribution is 6.35. The predicted octanol–water partition coefficient (Wildman–Crippen LogP) is 3.34. The Morgan fingerprint density at radius 2 is 1.78 bits per heavy atom. The van der Waals surface area contributed by atoms with Gasteiger partial charge in [0.1, 0.15) is 0 Å². The van der Waals surface area contributed by atoms with Gasteiger partial charge in [0.15, 0.2) is 5.69 Å². The molecule has 0 aliphatic carbocycles. The van der Waals surface area contributed by atoms with E-state index in [1.165, 1.54) is 18.2 Å². The Labute approximate surface area is 137 Å². The second-order valence-electron chi connectivity index (χ2n) is 4.21. The number of carbonyl (C=O) groups excluding carboxylic acids is 1. The molecule has 1 aromatic heterocycles. The smallest absolute Gasteiger partial charge is 0.322 e. The number of nitrogens with zero attached hydrogens (tertiary/aromatic N) is 2. The number of anilines is 2. The minimum absolute atomic E-state index is 0.127. The van der Waals surface area contributed by atoms with Crippen LogP contribution in [0, 0.1) is 0 Å². The molecule has 4 N–H and O–H groups in total. The standard InChI is InChI=1S/C12H8Cl2F3N5O/c13-5-1-6(14)3-7(2-5)20-10(23)8-4-19-11(22-18)21-9(8)12(15,16)17/h1-4H,18H2,(H,20,23)(H,19,21,22). The number of hydrogen-bond donors (Lipinski definition) is 3. The van der Waals surface area contributed by atoms with Gasteiger partial charge in [-0.15, -0.1) is 0 Å². The lowest BCUT2D eigenvalue weighted by molar-refractivity contribution is -0.141. The van der Waals surface area contributed by atoms with Gasteiger partial charge in [-0.3, -0.25) is 10.2 Å². The molecule has 0 fully saturated rings. The molecular formula is C12H8Cl2F3N5O. The summed E-state index contributed by atoms with van der Waals surface area (Å²) in [7, 11) is 0. The van der Waals surface area contributed by atoms with Gasteiger partial charge in [-0.25, -0.2) is 15.8 Å². The molecule has 0 spiro atoms. The van der Waals surface area contributed by atoms with E-state index < -0.39 is 29.3 Å². The molecule has 1 heterocycles. The number of rotatable bonds is 3. The number of hydrogen-bond acceptors (Lipinski definition) is 5. The van der Waals surface area contributed by atoms with Gasteiger partial charge in [0.05, 0.1) is 5.56 Å². The van der Waals surface area contributed by atoms with Crippen LogP contribution >= 0.6 is 23.2 Å². The first kappa shape index (κ1) is 17.3. The van der Waals surface area contributed by atoms with Crippen LogP contribution < -0.4 is 16.6 Å². The maximum absolute atomic E-state index is 13.0. The van der Waals surface area contributed by atoms with Crippen LogP contribution in [0.5, 0.6) is 0 Å². The van der Waals surface area contributed by atoms with Crippen molar-refractivity contribution >= 4 is 40.7 Å². The molecule has 0 aliphatic rings. The largest absolute Gasteiger partial charge is 0.434 e. The second-order valence-corrected chi connectivity index (χ2v) is 5.08. The van der Waals surface area contributed by atoms with Crippen molar-refractivity contribution in [3.05, 3.63) is 45.7 Å². The number of carbonyl (C=O) groups is 1. The number of amides is 1. The van der Waals surface area contributed by atoms with Gasteiger partial charge in [0, 0.05) is 21.9 Å². The molecule has 0 saturated heterocycles. The lowest BCUT2D eigenvalue weighted by Gasteiger charge is -2.13. The molecule has 0 unspecified atom stereocenters. The molecular weight excluding hydrogens is 358 g/mol. The zero-order chi connectivity index (χ0) is 17.2. The molecule has 0 radical (unpaired) electrons. The van der Waals surface area contributed by atoms with Crippen molar-refractivity contribution in [3.63, 3.8) is 0 Å². The second kappa shape index (κ2) is 6.57. The number of nitrogens with one attached hydrogen (secondary N) is 2. The molecule has 6 nitrogen and oxygen atoms in total. The van der Waals surface area contributed by atoms with E-state index in [-0.39, 0.29) is 15.7 Å². The Morgan fingerprint density at radius 3 is 2.30 bits per heavy atom. The van der Waals surface area contributed by atoms with Crippen LogP contribution in [-0.4, -0.2) is 15.9 Å². The molecule has 0 bridgehead atoms. The van der Waals surface area contributed by atoms with Gasteiger partial charge in [0.2, 0.25) is 5.95 Å². The Morgan fingerprint density at radius 1 is 1.17 bits per heavy atom. The van der Waals surface area contributed by atoms with Gasteiger partial charge < -0.3 is 5.32 Å². The van der Waals surface area contributed by atoms with Crippen molar-refractivity contribution < 1.29 is 18.0 Å². The van der Waals surface area contributed by atoms with Gasteiger partial charge >= 0.3 is 6.18 Å². The van der Waals surface area contributed by atoms with E-state index in [2.05, 4.69) is 15.3 Å². The summed E-state index contributed by atoms with van der Waals surface area (Å²) in [5, 5.41) is 2.67. The van der Waals surface area contributed by atoms with Crippen molar-refractivity contribution in [2.45, 2.75) is 6.18 Å². The quantitative estimate of drug-likeness (QED) is 0.572. The van der Waals surface area contributed by atoms with Crippen molar-refractivity contribution in [2.24, 2.45) is 5.84 Å². The fourth-order valence-electron chi connectivity index (χ4n) is 1.66. The van der Waals surface area contributed by atoms with Crippen LogP contribution in [0.4, 0.5) is 24.8 Å². The SMILES string of the molecule is NNc1ncc(C(=O)Nc2cc(Cl)cc(Cl)c2)c(C(F)(F)F)n1. The number of alkyl halides is 3. The molecule has 122 valence electrons.